The van der Waals surface area contributed by atoms with Gasteiger partial charge in [-0.3, -0.25) is 14.4 Å². The van der Waals surface area contributed by atoms with Gasteiger partial charge in [-0.05, 0) is 19.4 Å². The van der Waals surface area contributed by atoms with Crippen LogP contribution in [0.5, 0.6) is 17.2 Å². The molecule has 334 valence electrons. The maximum atomic E-state index is 14.0. The van der Waals surface area contributed by atoms with Gasteiger partial charge in [0.05, 0.1) is 54.4 Å². The monoisotopic (exact) mass is 859 g/mol. The Bertz CT molecular complexity index is 1810. The van der Waals surface area contributed by atoms with Crippen LogP contribution in [0.1, 0.15) is 178 Å². The number of ketones is 2. The summed E-state index contributed by atoms with van der Waals surface area (Å²) >= 11 is 0. The van der Waals surface area contributed by atoms with Crippen LogP contribution in [-0.2, 0) is 20.7 Å². The van der Waals surface area contributed by atoms with Crippen molar-refractivity contribution in [2.75, 3.05) is 13.7 Å². The Labute approximate surface area is 359 Å². The molecule has 2 aromatic rings. The molecule has 1 unspecified atom stereocenters. The number of unbranched alkanes of at least 4 members (excludes halogenated alkanes) is 14. The summed E-state index contributed by atoms with van der Waals surface area (Å²) in [7, 11) is 1.34. The average Bonchev–Trinajstić information content (AvgIpc) is 3.21. The number of hydrogen-bond donors (Lipinski definition) is 7. The number of fused-ring (bicyclic) bond motifs is 3. The van der Waals surface area contributed by atoms with Crippen molar-refractivity contribution in [2.45, 2.75) is 172 Å². The molecule has 1 saturated heterocycles. The van der Waals surface area contributed by atoms with Crippen molar-refractivity contribution >= 4 is 35.6 Å². The second-order valence-electron chi connectivity index (χ2n) is 16.5. The van der Waals surface area contributed by atoms with E-state index in [1.54, 1.807) is 6.92 Å². The second-order valence-corrected chi connectivity index (χ2v) is 16.5. The molecule has 0 saturated carbocycles. The highest BCUT2D eigenvalue weighted by molar-refractivity contribution is 6.31. The van der Waals surface area contributed by atoms with E-state index in [0.717, 1.165) is 19.3 Å². The van der Waals surface area contributed by atoms with Gasteiger partial charge in [-0.25, -0.2) is 5.43 Å². The molecule has 2 aliphatic carbocycles. The molecule has 0 spiro atoms. The van der Waals surface area contributed by atoms with E-state index in [4.69, 9.17) is 19.9 Å². The van der Waals surface area contributed by atoms with Gasteiger partial charge < -0.3 is 45.5 Å². The van der Waals surface area contributed by atoms with Gasteiger partial charge in [-0.1, -0.05) is 109 Å². The van der Waals surface area contributed by atoms with Gasteiger partial charge in [-0.15, -0.1) is 12.4 Å². The first-order chi connectivity index (χ1) is 28.4. The van der Waals surface area contributed by atoms with Crippen molar-refractivity contribution in [3.63, 3.8) is 0 Å². The van der Waals surface area contributed by atoms with E-state index in [1.165, 1.54) is 95.9 Å². The van der Waals surface area contributed by atoms with E-state index in [2.05, 4.69) is 17.5 Å². The molecule has 6 atom stereocenters. The number of carbonyl (C=O) groups is 3. The summed E-state index contributed by atoms with van der Waals surface area (Å²) < 4.78 is 17.5. The van der Waals surface area contributed by atoms with Gasteiger partial charge in [-0.2, -0.15) is 5.10 Å². The van der Waals surface area contributed by atoms with Gasteiger partial charge >= 0.3 is 0 Å². The minimum absolute atomic E-state index is 0. The lowest BCUT2D eigenvalue weighted by Crippen LogP contribution is -2.53. The number of amides is 1. The number of nitrogens with two attached hydrogens (primary N) is 1. The molecule has 0 aromatic heterocycles. The van der Waals surface area contributed by atoms with Crippen molar-refractivity contribution < 1.29 is 54.1 Å². The molecule has 1 heterocycles. The molecule has 2 aromatic carbocycles. The number of aliphatic hydroxyl groups is 3. The topological polar surface area (TPSA) is 230 Å². The fourth-order valence-corrected chi connectivity index (χ4v) is 8.74. The van der Waals surface area contributed by atoms with Crippen LogP contribution in [0.3, 0.4) is 0 Å². The van der Waals surface area contributed by atoms with E-state index in [1.807, 2.05) is 0 Å². The van der Waals surface area contributed by atoms with E-state index in [0.29, 0.717) is 6.42 Å². The molecule has 60 heavy (non-hydrogen) atoms. The third kappa shape index (κ3) is 11.4. The summed E-state index contributed by atoms with van der Waals surface area (Å²) in [6.07, 6.45) is 13.2. The van der Waals surface area contributed by atoms with Crippen LogP contribution in [0.25, 0.3) is 0 Å². The zero-order valence-corrected chi connectivity index (χ0v) is 36.2. The quantitative estimate of drug-likeness (QED) is 0.0246. The Morgan fingerprint density at radius 1 is 0.917 bits per heavy atom. The zero-order chi connectivity index (χ0) is 42.7. The number of hydrogen-bond acceptors (Lipinski definition) is 13. The van der Waals surface area contributed by atoms with Gasteiger partial charge in [0.1, 0.15) is 22.8 Å². The number of nitrogens with zero attached hydrogens (tertiary/aromatic N) is 1. The van der Waals surface area contributed by atoms with E-state index in [9.17, 15) is 39.9 Å². The number of benzene rings is 2. The summed E-state index contributed by atoms with van der Waals surface area (Å²) in [6.45, 7) is 3.05. The minimum Gasteiger partial charge on any atom is -0.507 e. The van der Waals surface area contributed by atoms with Crippen molar-refractivity contribution in [1.82, 2.24) is 5.43 Å². The summed E-state index contributed by atoms with van der Waals surface area (Å²) in [5.74, 6) is -3.10. The largest absolute Gasteiger partial charge is 0.507 e. The number of aliphatic hydroxyl groups excluding tert-OH is 2. The number of ether oxygens (including phenoxy) is 3. The number of nitrogens with one attached hydrogen (secondary N) is 1. The number of hydrazone groups is 1. The predicted octanol–water partition coefficient (Wildman–Crippen LogP) is 6.59. The Morgan fingerprint density at radius 2 is 1.50 bits per heavy atom. The minimum atomic E-state index is -2.09. The first-order valence-electron chi connectivity index (χ1n) is 21.7. The highest BCUT2D eigenvalue weighted by atomic mass is 35.5. The van der Waals surface area contributed by atoms with Crippen molar-refractivity contribution in [2.24, 2.45) is 10.8 Å². The Kier molecular flexibility index (Phi) is 18.8. The SMILES string of the molecule is CCCCCCCCCCCCCCCCCC(=O)N/N=C(\CO)[C@@]1(O)Cc2c(O)c3c(c(O)c2[C@@H](O[C@H]2C[C@@H](N)[C@H](O)C(C)O2)C1)C(=O)c1c(OC)cccc1C3=O.Cl. The smallest absolute Gasteiger partial charge is 0.240 e. The molecular formula is C45H66ClN3O11. The third-order valence-electron chi connectivity index (χ3n) is 12.2. The lowest BCUT2D eigenvalue weighted by atomic mass is 9.71. The molecule has 5 rings (SSSR count). The summed E-state index contributed by atoms with van der Waals surface area (Å²) in [5, 5.41) is 60.9. The molecule has 1 aliphatic heterocycles. The first-order valence-corrected chi connectivity index (χ1v) is 21.7. The van der Waals surface area contributed by atoms with Crippen LogP contribution in [-0.4, -0.2) is 92.6 Å². The number of rotatable bonds is 22. The van der Waals surface area contributed by atoms with Gasteiger partial charge in [0.2, 0.25) is 11.7 Å². The van der Waals surface area contributed by atoms with Crippen molar-refractivity contribution in [3.05, 3.63) is 51.6 Å². The van der Waals surface area contributed by atoms with Crippen LogP contribution >= 0.6 is 12.4 Å². The number of halogens is 1. The van der Waals surface area contributed by atoms with E-state index < -0.39 is 89.4 Å². The van der Waals surface area contributed by atoms with Crippen LogP contribution in [0.15, 0.2) is 23.3 Å². The average molecular weight is 860 g/mol. The Hall–Kier alpha value is -3.63. The van der Waals surface area contributed by atoms with Crippen LogP contribution < -0.4 is 15.9 Å². The number of methoxy groups -OCH3 is 1. The molecule has 3 aliphatic rings. The Balaban J connectivity index is 0.00000794. The molecule has 15 heteroatoms. The maximum Gasteiger partial charge on any atom is 0.240 e. The fourth-order valence-electron chi connectivity index (χ4n) is 8.74. The summed E-state index contributed by atoms with van der Waals surface area (Å²) in [5.41, 5.74) is 5.07. The maximum absolute atomic E-state index is 14.0. The molecule has 14 nitrogen and oxygen atoms in total. The molecule has 0 bridgehead atoms. The van der Waals surface area contributed by atoms with Crippen LogP contribution in [0.2, 0.25) is 0 Å². The number of carbonyl (C=O) groups excluding carboxylic acids is 3. The van der Waals surface area contributed by atoms with Crippen molar-refractivity contribution in [3.8, 4) is 17.2 Å². The number of phenolic OH excluding ortho intramolecular Hbond substituents is 2. The third-order valence-corrected chi connectivity index (χ3v) is 12.2. The molecule has 8 N–H and O–H groups in total. The number of phenols is 2. The molecule has 0 radical (unpaired) electrons. The lowest BCUT2D eigenvalue weighted by Gasteiger charge is -2.43. The van der Waals surface area contributed by atoms with Crippen LogP contribution in [0.4, 0.5) is 0 Å². The normalized spacial score (nSPS) is 23.6. The van der Waals surface area contributed by atoms with Gasteiger partial charge in [0, 0.05) is 48.4 Å². The summed E-state index contributed by atoms with van der Waals surface area (Å²) in [6, 6.07) is 3.70. The first kappa shape index (κ1) is 49.0. The zero-order valence-electron chi connectivity index (χ0n) is 35.4. The standard InChI is InChI=1S/C45H65N3O11.ClH/c1-4-5-6-7-8-9-10-11-12-13-14-15-16-17-18-22-34(50)48-47-33(26-49)45(56)24-29-37(32(25-45)59-35-23-30(46)40(51)27(2)58-35)44(55)39-38(42(29)53)41(52)28-20-19-21-31(57-3)36(28)43(39)54;/h19-21,27,30,32,35,40,49,51,53,55-56H,4-18,22-26,46H2,1-3H3,(H,48,50);1H/b47-33+;/t27?,30-,32+,35+,40-,45-;/m1./s1. The fraction of sp³-hybridized carbons (Fsp3) is 0.644. The second kappa shape index (κ2) is 23.0. The summed E-state index contributed by atoms with van der Waals surface area (Å²) in [4.78, 5) is 40.8. The molecule has 1 fully saturated rings. The van der Waals surface area contributed by atoms with E-state index in [-0.39, 0.29) is 65.4 Å². The predicted molar refractivity (Wildman–Crippen MR) is 229 cm³/mol. The highest BCUT2D eigenvalue weighted by Crippen LogP contribution is 2.52. The van der Waals surface area contributed by atoms with Gasteiger partial charge in [0.25, 0.3) is 0 Å². The Morgan fingerprint density at radius 3 is 2.07 bits per heavy atom. The van der Waals surface area contributed by atoms with E-state index >= 15 is 0 Å². The highest BCUT2D eigenvalue weighted by Gasteiger charge is 2.49. The number of aromatic hydroxyl groups is 2. The van der Waals surface area contributed by atoms with Gasteiger partial charge in [0.15, 0.2) is 12.1 Å². The molecular weight excluding hydrogens is 794 g/mol. The molecule has 1 amide bonds. The van der Waals surface area contributed by atoms with Crippen molar-refractivity contribution in [1.29, 1.82) is 0 Å². The lowest BCUT2D eigenvalue weighted by molar-refractivity contribution is -0.245. The van der Waals surface area contributed by atoms with Crippen LogP contribution in [0, 0.1) is 0 Å².